The zero-order valence-electron chi connectivity index (χ0n) is 8.83. The summed E-state index contributed by atoms with van der Waals surface area (Å²) in [4.78, 5) is 11.1. The minimum atomic E-state index is -2.85. The number of halogens is 4. The lowest BCUT2D eigenvalue weighted by atomic mass is 10.3. The molecule has 18 heavy (non-hydrogen) atoms. The Hall–Kier alpha value is -1.21. The van der Waals surface area contributed by atoms with Crippen molar-refractivity contribution in [3.05, 3.63) is 34.2 Å². The van der Waals surface area contributed by atoms with E-state index in [2.05, 4.69) is 26.3 Å². The topological polar surface area (TPSA) is 46.9 Å². The van der Waals surface area contributed by atoms with E-state index >= 15 is 0 Å². The van der Waals surface area contributed by atoms with Gasteiger partial charge in [0.15, 0.2) is 0 Å². The van der Waals surface area contributed by atoms with Crippen LogP contribution in [0.15, 0.2) is 23.0 Å². The van der Waals surface area contributed by atoms with E-state index in [-0.39, 0.29) is 5.56 Å². The molecule has 0 saturated heterocycles. The standard InChI is InChI=1S/C10H7BrClF2N3O/c11-5-1-6(3-15-2-5)17-4-7(9(12)18)8(16-17)10(13)14/h1,3-4,10,15H,2H2. The molecule has 0 aliphatic carbocycles. The second kappa shape index (κ2) is 5.19. The number of nitrogens with one attached hydrogen (secondary N) is 1. The molecule has 8 heteroatoms. The van der Waals surface area contributed by atoms with Crippen molar-refractivity contribution >= 4 is 38.5 Å². The number of rotatable bonds is 3. The normalized spacial score (nSPS) is 15.2. The van der Waals surface area contributed by atoms with Crippen LogP contribution in [0, 0.1) is 0 Å². The quantitative estimate of drug-likeness (QED) is 0.862. The lowest BCUT2D eigenvalue weighted by molar-refractivity contribution is 0.106. The summed E-state index contributed by atoms with van der Waals surface area (Å²) in [5.74, 6) is 0. The van der Waals surface area contributed by atoms with Crippen LogP contribution >= 0.6 is 27.5 Å². The average molecular weight is 339 g/mol. The van der Waals surface area contributed by atoms with Gasteiger partial charge in [-0.3, -0.25) is 4.79 Å². The highest BCUT2D eigenvalue weighted by Gasteiger charge is 2.23. The molecule has 0 radical (unpaired) electrons. The van der Waals surface area contributed by atoms with Crippen molar-refractivity contribution in [3.8, 4) is 0 Å². The largest absolute Gasteiger partial charge is 0.385 e. The summed E-state index contributed by atoms with van der Waals surface area (Å²) in [6.07, 6.45) is 1.65. The Morgan fingerprint density at radius 2 is 2.33 bits per heavy atom. The summed E-state index contributed by atoms with van der Waals surface area (Å²) in [6, 6.07) is 0. The Morgan fingerprint density at radius 3 is 2.83 bits per heavy atom. The first-order valence-corrected chi connectivity index (χ1v) is 6.03. The number of alkyl halides is 2. The van der Waals surface area contributed by atoms with Crippen LogP contribution < -0.4 is 5.32 Å². The summed E-state index contributed by atoms with van der Waals surface area (Å²) in [5.41, 5.74) is -0.382. The minimum Gasteiger partial charge on any atom is -0.385 e. The molecule has 0 saturated carbocycles. The van der Waals surface area contributed by atoms with Crippen molar-refractivity contribution in [3.63, 3.8) is 0 Å². The molecular formula is C10H7BrClF2N3O. The van der Waals surface area contributed by atoms with E-state index in [9.17, 15) is 13.6 Å². The van der Waals surface area contributed by atoms with Crippen molar-refractivity contribution in [2.75, 3.05) is 6.54 Å². The van der Waals surface area contributed by atoms with Crippen LogP contribution in [0.5, 0.6) is 0 Å². The first kappa shape index (κ1) is 13.2. The van der Waals surface area contributed by atoms with Crippen LogP contribution in [0.25, 0.3) is 5.70 Å². The number of carbonyl (C=O) groups excluding carboxylic acids is 1. The maximum absolute atomic E-state index is 12.7. The van der Waals surface area contributed by atoms with E-state index in [1.807, 2.05) is 0 Å². The Bertz CT molecular complexity index is 553. The molecule has 0 spiro atoms. The van der Waals surface area contributed by atoms with E-state index in [1.54, 1.807) is 12.3 Å². The number of carbonyl (C=O) groups is 1. The van der Waals surface area contributed by atoms with E-state index in [4.69, 9.17) is 11.6 Å². The number of allylic oxidation sites excluding steroid dienone is 2. The van der Waals surface area contributed by atoms with Gasteiger partial charge >= 0.3 is 0 Å². The molecule has 0 aromatic carbocycles. The predicted octanol–water partition coefficient (Wildman–Crippen LogP) is 2.88. The summed E-state index contributed by atoms with van der Waals surface area (Å²) < 4.78 is 27.4. The highest BCUT2D eigenvalue weighted by molar-refractivity contribution is 9.11. The molecule has 2 heterocycles. The van der Waals surface area contributed by atoms with Crippen molar-refractivity contribution in [1.29, 1.82) is 0 Å². The van der Waals surface area contributed by atoms with Gasteiger partial charge in [-0.2, -0.15) is 5.10 Å². The monoisotopic (exact) mass is 337 g/mol. The van der Waals surface area contributed by atoms with Gasteiger partial charge < -0.3 is 5.32 Å². The van der Waals surface area contributed by atoms with Crippen LogP contribution in [0.4, 0.5) is 8.78 Å². The Kier molecular flexibility index (Phi) is 3.82. The molecule has 1 aromatic rings. The van der Waals surface area contributed by atoms with Gasteiger partial charge in [0.05, 0.1) is 11.3 Å². The molecule has 2 rings (SSSR count). The van der Waals surface area contributed by atoms with Gasteiger partial charge in [0.2, 0.25) is 0 Å². The van der Waals surface area contributed by atoms with Gasteiger partial charge in [-0.15, -0.1) is 0 Å². The fraction of sp³-hybridized carbons (Fsp3) is 0.200. The van der Waals surface area contributed by atoms with E-state index in [1.165, 1.54) is 10.9 Å². The second-order valence-corrected chi connectivity index (χ2v) is 4.85. The third-order valence-electron chi connectivity index (χ3n) is 2.25. The van der Waals surface area contributed by atoms with Gasteiger partial charge in [0.1, 0.15) is 5.69 Å². The first-order chi connectivity index (χ1) is 8.49. The van der Waals surface area contributed by atoms with Crippen LogP contribution in [-0.4, -0.2) is 21.6 Å². The van der Waals surface area contributed by atoms with Crippen LogP contribution in [-0.2, 0) is 0 Å². The first-order valence-electron chi connectivity index (χ1n) is 4.86. The molecule has 1 aliphatic rings. The number of aromatic nitrogens is 2. The van der Waals surface area contributed by atoms with E-state index in [0.29, 0.717) is 12.2 Å². The van der Waals surface area contributed by atoms with Crippen molar-refractivity contribution < 1.29 is 13.6 Å². The van der Waals surface area contributed by atoms with Crippen LogP contribution in [0.1, 0.15) is 22.5 Å². The number of nitrogens with zero attached hydrogens (tertiary/aromatic N) is 2. The maximum atomic E-state index is 12.7. The molecule has 1 aliphatic heterocycles. The van der Waals surface area contributed by atoms with Crippen LogP contribution in [0.2, 0.25) is 0 Å². The fourth-order valence-corrected chi connectivity index (χ4v) is 2.01. The third-order valence-corrected chi connectivity index (χ3v) is 2.96. The molecule has 96 valence electrons. The molecule has 0 amide bonds. The smallest absolute Gasteiger partial charge is 0.282 e. The summed E-state index contributed by atoms with van der Waals surface area (Å²) in [7, 11) is 0. The Labute approximate surface area is 114 Å². The van der Waals surface area contributed by atoms with Crippen molar-refractivity contribution in [1.82, 2.24) is 15.1 Å². The molecule has 0 atom stereocenters. The molecule has 1 N–H and O–H groups in total. The van der Waals surface area contributed by atoms with E-state index in [0.717, 1.165) is 4.48 Å². The Balaban J connectivity index is 2.44. The zero-order valence-corrected chi connectivity index (χ0v) is 11.2. The molecule has 0 fully saturated rings. The van der Waals surface area contributed by atoms with Gasteiger partial charge in [0, 0.05) is 23.4 Å². The molecule has 1 aromatic heterocycles. The molecular weight excluding hydrogens is 331 g/mol. The number of hydrogen-bond donors (Lipinski definition) is 1. The van der Waals surface area contributed by atoms with Crippen LogP contribution in [0.3, 0.4) is 0 Å². The van der Waals surface area contributed by atoms with Crippen molar-refractivity contribution in [2.24, 2.45) is 0 Å². The number of hydrogen-bond acceptors (Lipinski definition) is 3. The van der Waals surface area contributed by atoms with Gasteiger partial charge in [-0.25, -0.2) is 13.5 Å². The SMILES string of the molecule is O=C(Cl)c1cn(C2=CNCC(Br)=C2)nc1C(F)F. The predicted molar refractivity (Wildman–Crippen MR) is 66.7 cm³/mol. The third kappa shape index (κ3) is 2.62. The second-order valence-electron chi connectivity index (χ2n) is 3.49. The molecule has 0 bridgehead atoms. The Morgan fingerprint density at radius 1 is 1.61 bits per heavy atom. The minimum absolute atomic E-state index is 0.289. The summed E-state index contributed by atoms with van der Waals surface area (Å²) in [5, 5.41) is 5.65. The summed E-state index contributed by atoms with van der Waals surface area (Å²) >= 11 is 8.53. The van der Waals surface area contributed by atoms with E-state index < -0.39 is 17.4 Å². The highest BCUT2D eigenvalue weighted by Crippen LogP contribution is 2.25. The molecule has 0 unspecified atom stereocenters. The highest BCUT2D eigenvalue weighted by atomic mass is 79.9. The lowest BCUT2D eigenvalue weighted by Crippen LogP contribution is -2.14. The summed E-state index contributed by atoms with van der Waals surface area (Å²) in [6.45, 7) is 0.605. The van der Waals surface area contributed by atoms with Gasteiger partial charge in [-0.1, -0.05) is 15.9 Å². The van der Waals surface area contributed by atoms with Gasteiger partial charge in [0.25, 0.3) is 11.7 Å². The fourth-order valence-electron chi connectivity index (χ4n) is 1.47. The van der Waals surface area contributed by atoms with Gasteiger partial charge in [-0.05, 0) is 17.7 Å². The zero-order chi connectivity index (χ0) is 13.3. The molecule has 4 nitrogen and oxygen atoms in total. The lowest BCUT2D eigenvalue weighted by Gasteiger charge is -2.11. The average Bonchev–Trinajstić information content (AvgIpc) is 2.73. The number of dihydropyridines is 1. The van der Waals surface area contributed by atoms with Crippen molar-refractivity contribution in [2.45, 2.75) is 6.43 Å². The maximum Gasteiger partial charge on any atom is 0.282 e.